The van der Waals surface area contributed by atoms with Gasteiger partial charge in [-0.3, -0.25) is 0 Å². The van der Waals surface area contributed by atoms with Crippen molar-refractivity contribution in [1.29, 1.82) is 0 Å². The summed E-state index contributed by atoms with van der Waals surface area (Å²) in [5.74, 6) is -2.48. The van der Waals surface area contributed by atoms with Crippen LogP contribution in [0.4, 0.5) is 8.78 Å². The van der Waals surface area contributed by atoms with E-state index in [1.165, 1.54) is 6.92 Å². The Kier molecular flexibility index (Phi) is 2.07. The Labute approximate surface area is 65.8 Å². The van der Waals surface area contributed by atoms with Crippen molar-refractivity contribution in [2.45, 2.75) is 13.3 Å². The Morgan fingerprint density at radius 1 is 1.67 bits per heavy atom. The Hall–Kier alpha value is -1.46. The van der Waals surface area contributed by atoms with Crippen LogP contribution < -0.4 is 0 Å². The molecule has 66 valence electrons. The van der Waals surface area contributed by atoms with Crippen LogP contribution >= 0.6 is 0 Å². The molecule has 1 N–H and O–H groups in total. The van der Waals surface area contributed by atoms with Gasteiger partial charge in [0, 0.05) is 6.92 Å². The highest BCUT2D eigenvalue weighted by Crippen LogP contribution is 2.23. The SMILES string of the molecule is Cc1nc(C(=O)O)c(C(F)F)o1. The monoisotopic (exact) mass is 177 g/mol. The Balaban J connectivity index is 3.17. The van der Waals surface area contributed by atoms with E-state index in [0.717, 1.165) is 0 Å². The average Bonchev–Trinajstić information content (AvgIpc) is 2.31. The van der Waals surface area contributed by atoms with Crippen LogP contribution in [0.3, 0.4) is 0 Å². The third kappa shape index (κ3) is 1.41. The first-order chi connectivity index (χ1) is 5.52. The molecule has 0 aliphatic rings. The van der Waals surface area contributed by atoms with Gasteiger partial charge in [0.1, 0.15) is 0 Å². The van der Waals surface area contributed by atoms with Gasteiger partial charge < -0.3 is 9.52 Å². The molecule has 0 atom stereocenters. The number of carboxylic acid groups (broad SMARTS) is 1. The summed E-state index contributed by atoms with van der Waals surface area (Å²) in [6, 6.07) is 0. The maximum absolute atomic E-state index is 12.0. The number of carbonyl (C=O) groups is 1. The zero-order valence-electron chi connectivity index (χ0n) is 6.04. The van der Waals surface area contributed by atoms with Crippen LogP contribution in [0.5, 0.6) is 0 Å². The maximum Gasteiger partial charge on any atom is 0.358 e. The predicted molar refractivity (Wildman–Crippen MR) is 33.2 cm³/mol. The van der Waals surface area contributed by atoms with E-state index >= 15 is 0 Å². The number of hydrogen-bond acceptors (Lipinski definition) is 3. The number of nitrogens with zero attached hydrogens (tertiary/aromatic N) is 1. The summed E-state index contributed by atoms with van der Waals surface area (Å²) in [6.07, 6.45) is -2.95. The van der Waals surface area contributed by atoms with Gasteiger partial charge in [0.05, 0.1) is 0 Å². The molecule has 0 unspecified atom stereocenters. The standard InChI is InChI=1S/C6H5F2NO3/c1-2-9-3(6(10)11)4(12-2)5(7)8/h5H,1H3,(H,10,11). The largest absolute Gasteiger partial charge is 0.476 e. The van der Waals surface area contributed by atoms with Crippen LogP contribution in [0, 0.1) is 6.92 Å². The summed E-state index contributed by atoms with van der Waals surface area (Å²) in [4.78, 5) is 13.6. The smallest absolute Gasteiger partial charge is 0.358 e. The molecule has 0 spiro atoms. The Bertz CT molecular complexity index is 308. The van der Waals surface area contributed by atoms with Crippen LogP contribution in [0.25, 0.3) is 0 Å². The number of oxazole rings is 1. The van der Waals surface area contributed by atoms with Gasteiger partial charge in [0.15, 0.2) is 11.6 Å². The van der Waals surface area contributed by atoms with E-state index in [1.807, 2.05) is 0 Å². The van der Waals surface area contributed by atoms with E-state index in [4.69, 9.17) is 5.11 Å². The summed E-state index contributed by atoms with van der Waals surface area (Å²) in [6.45, 7) is 1.30. The first-order valence-corrected chi connectivity index (χ1v) is 3.01. The molecule has 0 fully saturated rings. The van der Waals surface area contributed by atoms with Gasteiger partial charge in [0.2, 0.25) is 5.76 Å². The summed E-state index contributed by atoms with van der Waals surface area (Å²) in [5, 5.41) is 8.37. The second-order valence-electron chi connectivity index (χ2n) is 2.05. The molecule has 0 aliphatic heterocycles. The lowest BCUT2D eigenvalue weighted by molar-refractivity contribution is 0.0668. The molecule has 1 heterocycles. The fourth-order valence-corrected chi connectivity index (χ4v) is 0.744. The number of alkyl halides is 2. The molecule has 1 rings (SSSR count). The molecule has 12 heavy (non-hydrogen) atoms. The number of halogens is 2. The maximum atomic E-state index is 12.0. The summed E-state index contributed by atoms with van der Waals surface area (Å²) < 4.78 is 28.4. The van der Waals surface area contributed by atoms with Gasteiger partial charge in [-0.1, -0.05) is 0 Å². The molecule has 0 aliphatic carbocycles. The zero-order chi connectivity index (χ0) is 9.30. The van der Waals surface area contributed by atoms with Crippen LogP contribution in [0.1, 0.15) is 28.6 Å². The average molecular weight is 177 g/mol. The van der Waals surface area contributed by atoms with Gasteiger partial charge >= 0.3 is 5.97 Å². The van der Waals surface area contributed by atoms with E-state index in [1.54, 1.807) is 0 Å². The number of carboxylic acids is 1. The first-order valence-electron chi connectivity index (χ1n) is 3.01. The third-order valence-corrected chi connectivity index (χ3v) is 1.16. The van der Waals surface area contributed by atoms with Crippen LogP contribution in [-0.4, -0.2) is 16.1 Å². The van der Waals surface area contributed by atoms with Crippen molar-refractivity contribution in [2.24, 2.45) is 0 Å². The second-order valence-corrected chi connectivity index (χ2v) is 2.05. The quantitative estimate of drug-likeness (QED) is 0.745. The highest BCUT2D eigenvalue weighted by atomic mass is 19.3. The fraction of sp³-hybridized carbons (Fsp3) is 0.333. The topological polar surface area (TPSA) is 63.3 Å². The molecule has 1 aromatic heterocycles. The first kappa shape index (κ1) is 8.63. The molecule has 0 amide bonds. The van der Waals surface area contributed by atoms with Gasteiger partial charge in [0.25, 0.3) is 6.43 Å². The number of aromatic carboxylic acids is 1. The molecule has 0 saturated carbocycles. The lowest BCUT2D eigenvalue weighted by Gasteiger charge is -1.92. The molecular formula is C6H5F2NO3. The number of hydrogen-bond donors (Lipinski definition) is 1. The molecule has 0 aromatic carbocycles. The molecule has 0 saturated heterocycles. The number of aromatic nitrogens is 1. The van der Waals surface area contributed by atoms with E-state index < -0.39 is 23.8 Å². The van der Waals surface area contributed by atoms with Gasteiger partial charge in [-0.25, -0.2) is 18.6 Å². The van der Waals surface area contributed by atoms with Crippen molar-refractivity contribution >= 4 is 5.97 Å². The van der Waals surface area contributed by atoms with Gasteiger partial charge in [-0.05, 0) is 0 Å². The summed E-state index contributed by atoms with van der Waals surface area (Å²) in [5.41, 5.74) is -0.720. The van der Waals surface area contributed by atoms with Crippen molar-refractivity contribution in [3.8, 4) is 0 Å². The van der Waals surface area contributed by atoms with E-state index in [0.29, 0.717) is 0 Å². The van der Waals surface area contributed by atoms with Crippen molar-refractivity contribution in [3.05, 3.63) is 17.3 Å². The van der Waals surface area contributed by atoms with Crippen LogP contribution in [0.2, 0.25) is 0 Å². The molecule has 4 nitrogen and oxygen atoms in total. The van der Waals surface area contributed by atoms with Crippen LogP contribution in [0.15, 0.2) is 4.42 Å². The molecule has 0 bridgehead atoms. The van der Waals surface area contributed by atoms with E-state index in [2.05, 4.69) is 9.40 Å². The minimum atomic E-state index is -2.95. The number of aryl methyl sites for hydroxylation is 1. The highest BCUT2D eigenvalue weighted by molar-refractivity contribution is 5.86. The van der Waals surface area contributed by atoms with Crippen molar-refractivity contribution in [1.82, 2.24) is 4.98 Å². The predicted octanol–water partition coefficient (Wildman–Crippen LogP) is 1.62. The molecular weight excluding hydrogens is 172 g/mol. The lowest BCUT2D eigenvalue weighted by atomic mass is 10.3. The van der Waals surface area contributed by atoms with E-state index in [9.17, 15) is 13.6 Å². The lowest BCUT2D eigenvalue weighted by Crippen LogP contribution is -2.01. The van der Waals surface area contributed by atoms with Crippen molar-refractivity contribution in [2.75, 3.05) is 0 Å². The second kappa shape index (κ2) is 2.88. The zero-order valence-corrected chi connectivity index (χ0v) is 6.04. The molecule has 0 radical (unpaired) electrons. The van der Waals surface area contributed by atoms with Gasteiger partial charge in [-0.2, -0.15) is 0 Å². The normalized spacial score (nSPS) is 10.7. The van der Waals surface area contributed by atoms with E-state index in [-0.39, 0.29) is 5.89 Å². The highest BCUT2D eigenvalue weighted by Gasteiger charge is 2.24. The summed E-state index contributed by atoms with van der Waals surface area (Å²) >= 11 is 0. The minimum absolute atomic E-state index is 0.0808. The Morgan fingerprint density at radius 2 is 2.25 bits per heavy atom. The molecule has 1 aromatic rings. The van der Waals surface area contributed by atoms with Crippen molar-refractivity contribution in [3.63, 3.8) is 0 Å². The van der Waals surface area contributed by atoms with Crippen molar-refractivity contribution < 1.29 is 23.1 Å². The minimum Gasteiger partial charge on any atom is -0.476 e. The van der Waals surface area contributed by atoms with Gasteiger partial charge in [-0.15, -0.1) is 0 Å². The third-order valence-electron chi connectivity index (χ3n) is 1.16. The molecule has 6 heteroatoms. The Morgan fingerprint density at radius 3 is 2.58 bits per heavy atom. The fourth-order valence-electron chi connectivity index (χ4n) is 0.744. The summed E-state index contributed by atoms with van der Waals surface area (Å²) in [7, 11) is 0. The number of rotatable bonds is 2. The van der Waals surface area contributed by atoms with Crippen LogP contribution in [-0.2, 0) is 0 Å².